The second kappa shape index (κ2) is 11.2. The lowest BCUT2D eigenvalue weighted by Crippen LogP contribution is -2.17. The Morgan fingerprint density at radius 1 is 1.38 bits per heavy atom. The lowest BCUT2D eigenvalue weighted by Gasteiger charge is -2.13. The third-order valence-corrected chi connectivity index (χ3v) is 1.23. The van der Waals surface area contributed by atoms with Gasteiger partial charge in [-0.15, -0.1) is 6.58 Å². The topological polar surface area (TPSA) is 15.6 Å². The van der Waals surface area contributed by atoms with Crippen LogP contribution in [0.3, 0.4) is 0 Å². The number of hydrogen-bond donors (Lipinski definition) is 0. The number of hydrogen-bond acceptors (Lipinski definition) is 2. The van der Waals surface area contributed by atoms with Crippen LogP contribution in [0.4, 0.5) is 0 Å². The Labute approximate surface area is 83.3 Å². The van der Waals surface area contributed by atoms with Crippen molar-refractivity contribution in [3.63, 3.8) is 0 Å². The Balaban J connectivity index is 0. The molecule has 0 aromatic carbocycles. The van der Waals surface area contributed by atoms with Gasteiger partial charge in [0.05, 0.1) is 6.54 Å². The zero-order valence-electron chi connectivity index (χ0n) is 9.75. The highest BCUT2D eigenvalue weighted by molar-refractivity contribution is 5.59. The SMILES string of the molecule is C=CCN(CC)/N=C\C(C)C.CC. The van der Waals surface area contributed by atoms with Gasteiger partial charge in [0.25, 0.3) is 0 Å². The van der Waals surface area contributed by atoms with E-state index in [0.29, 0.717) is 5.92 Å². The molecule has 0 heterocycles. The highest BCUT2D eigenvalue weighted by atomic mass is 15.4. The lowest BCUT2D eigenvalue weighted by molar-refractivity contribution is 0.338. The van der Waals surface area contributed by atoms with Crippen LogP contribution in [0.15, 0.2) is 17.8 Å². The molecule has 0 radical (unpaired) electrons. The predicted octanol–water partition coefficient (Wildman–Crippen LogP) is 3.16. The van der Waals surface area contributed by atoms with Crippen LogP contribution in [0.1, 0.15) is 34.6 Å². The number of rotatable bonds is 5. The summed E-state index contributed by atoms with van der Waals surface area (Å²) in [5.74, 6) is 0.522. The molecule has 0 aliphatic carbocycles. The van der Waals surface area contributed by atoms with Gasteiger partial charge < -0.3 is 0 Å². The van der Waals surface area contributed by atoms with Gasteiger partial charge in [0, 0.05) is 12.8 Å². The predicted molar refractivity (Wildman–Crippen MR) is 62.1 cm³/mol. The van der Waals surface area contributed by atoms with Crippen molar-refractivity contribution >= 4 is 6.21 Å². The molecule has 0 saturated carbocycles. The van der Waals surface area contributed by atoms with Gasteiger partial charge in [0.1, 0.15) is 0 Å². The van der Waals surface area contributed by atoms with E-state index in [1.807, 2.05) is 31.1 Å². The van der Waals surface area contributed by atoms with Crippen LogP contribution in [0.5, 0.6) is 0 Å². The molecule has 0 bridgehead atoms. The average molecular weight is 184 g/mol. The fourth-order valence-electron chi connectivity index (χ4n) is 0.635. The van der Waals surface area contributed by atoms with Gasteiger partial charge in [0.2, 0.25) is 0 Å². The molecule has 0 unspecified atom stereocenters. The van der Waals surface area contributed by atoms with E-state index in [1.54, 1.807) is 0 Å². The van der Waals surface area contributed by atoms with Crippen LogP contribution >= 0.6 is 0 Å². The first kappa shape index (κ1) is 14.7. The van der Waals surface area contributed by atoms with Gasteiger partial charge in [-0.25, -0.2) is 0 Å². The minimum absolute atomic E-state index is 0.522. The summed E-state index contributed by atoms with van der Waals surface area (Å²) in [5.41, 5.74) is 0. The molecule has 0 spiro atoms. The van der Waals surface area contributed by atoms with E-state index >= 15 is 0 Å². The Morgan fingerprint density at radius 3 is 2.23 bits per heavy atom. The van der Waals surface area contributed by atoms with E-state index in [0.717, 1.165) is 13.1 Å². The van der Waals surface area contributed by atoms with Gasteiger partial charge in [0.15, 0.2) is 0 Å². The first-order chi connectivity index (χ1) is 6.20. The van der Waals surface area contributed by atoms with Crippen LogP contribution < -0.4 is 0 Å². The van der Waals surface area contributed by atoms with Gasteiger partial charge in [-0.2, -0.15) is 5.10 Å². The van der Waals surface area contributed by atoms with Crippen molar-refractivity contribution in [2.75, 3.05) is 13.1 Å². The van der Waals surface area contributed by atoms with Crippen LogP contribution in [0.2, 0.25) is 0 Å². The quantitative estimate of drug-likeness (QED) is 0.364. The maximum atomic E-state index is 4.27. The van der Waals surface area contributed by atoms with Crippen molar-refractivity contribution in [1.82, 2.24) is 5.01 Å². The second-order valence-electron chi connectivity index (χ2n) is 2.80. The molecule has 2 heteroatoms. The fourth-order valence-corrected chi connectivity index (χ4v) is 0.635. The fraction of sp³-hybridized carbons (Fsp3) is 0.727. The molecule has 0 aliphatic heterocycles. The highest BCUT2D eigenvalue weighted by Gasteiger charge is 1.92. The Bertz CT molecular complexity index is 128. The van der Waals surface area contributed by atoms with Crippen molar-refractivity contribution in [1.29, 1.82) is 0 Å². The van der Waals surface area contributed by atoms with Gasteiger partial charge in [-0.3, -0.25) is 5.01 Å². The second-order valence-corrected chi connectivity index (χ2v) is 2.80. The summed E-state index contributed by atoms with van der Waals surface area (Å²) in [6.07, 6.45) is 3.81. The molecular weight excluding hydrogens is 160 g/mol. The summed E-state index contributed by atoms with van der Waals surface area (Å²) in [5, 5.41) is 6.25. The molecule has 0 fully saturated rings. The first-order valence-electron chi connectivity index (χ1n) is 5.10. The molecule has 0 atom stereocenters. The summed E-state index contributed by atoms with van der Waals surface area (Å²) >= 11 is 0. The van der Waals surface area contributed by atoms with Gasteiger partial charge >= 0.3 is 0 Å². The zero-order valence-corrected chi connectivity index (χ0v) is 9.75. The summed E-state index contributed by atoms with van der Waals surface area (Å²) in [6, 6.07) is 0. The summed E-state index contributed by atoms with van der Waals surface area (Å²) in [6.45, 7) is 15.7. The van der Waals surface area contributed by atoms with Crippen LogP contribution in [0.25, 0.3) is 0 Å². The van der Waals surface area contributed by atoms with Crippen LogP contribution in [-0.4, -0.2) is 24.3 Å². The lowest BCUT2D eigenvalue weighted by atomic mass is 10.3. The van der Waals surface area contributed by atoms with Crippen molar-refractivity contribution < 1.29 is 0 Å². The smallest absolute Gasteiger partial charge is 0.0538 e. The Morgan fingerprint density at radius 2 is 1.92 bits per heavy atom. The standard InChI is InChI=1S/C9H18N2.C2H6/c1-5-7-11(6-2)10-8-9(3)4;1-2/h5,8-9H,1,6-7H2,2-4H3;1-2H3/b10-8-;. The van der Waals surface area contributed by atoms with Crippen molar-refractivity contribution in [2.45, 2.75) is 34.6 Å². The van der Waals surface area contributed by atoms with Crippen molar-refractivity contribution in [2.24, 2.45) is 11.0 Å². The maximum absolute atomic E-state index is 4.27. The van der Waals surface area contributed by atoms with E-state index in [4.69, 9.17) is 0 Å². The van der Waals surface area contributed by atoms with E-state index in [1.165, 1.54) is 0 Å². The van der Waals surface area contributed by atoms with Gasteiger partial charge in [-0.1, -0.05) is 33.8 Å². The third-order valence-electron chi connectivity index (χ3n) is 1.23. The molecule has 0 aromatic heterocycles. The summed E-state index contributed by atoms with van der Waals surface area (Å²) in [4.78, 5) is 0. The average Bonchev–Trinajstić information content (AvgIpc) is 2.15. The zero-order chi connectivity index (χ0) is 10.7. The third kappa shape index (κ3) is 11.2. The number of hydrazone groups is 1. The molecule has 0 amide bonds. The summed E-state index contributed by atoms with van der Waals surface area (Å²) in [7, 11) is 0. The molecule has 13 heavy (non-hydrogen) atoms. The first-order valence-corrected chi connectivity index (χ1v) is 5.10. The Kier molecular flexibility index (Phi) is 12.7. The van der Waals surface area contributed by atoms with Crippen molar-refractivity contribution in [3.8, 4) is 0 Å². The summed E-state index contributed by atoms with van der Waals surface area (Å²) < 4.78 is 0. The molecule has 78 valence electrons. The van der Waals surface area contributed by atoms with E-state index in [2.05, 4.69) is 32.5 Å². The molecule has 0 aromatic rings. The maximum Gasteiger partial charge on any atom is 0.0538 e. The monoisotopic (exact) mass is 184 g/mol. The van der Waals surface area contributed by atoms with E-state index in [-0.39, 0.29) is 0 Å². The van der Waals surface area contributed by atoms with Gasteiger partial charge in [-0.05, 0) is 12.8 Å². The minimum Gasteiger partial charge on any atom is -0.294 e. The molecule has 2 nitrogen and oxygen atoms in total. The molecule has 0 aliphatic rings. The Hall–Kier alpha value is -0.790. The molecule has 0 saturated heterocycles. The highest BCUT2D eigenvalue weighted by Crippen LogP contribution is 1.91. The molecule has 0 N–H and O–H groups in total. The molecular formula is C11H24N2. The van der Waals surface area contributed by atoms with E-state index < -0.39 is 0 Å². The minimum atomic E-state index is 0.522. The van der Waals surface area contributed by atoms with Crippen molar-refractivity contribution in [3.05, 3.63) is 12.7 Å². The van der Waals surface area contributed by atoms with Crippen LogP contribution in [0, 0.1) is 5.92 Å². The van der Waals surface area contributed by atoms with E-state index in [9.17, 15) is 0 Å². The number of likely N-dealkylation sites (N-methyl/N-ethyl adjacent to an activating group) is 1. The van der Waals surface area contributed by atoms with Crippen LogP contribution in [-0.2, 0) is 0 Å². The largest absolute Gasteiger partial charge is 0.294 e. The number of nitrogens with zero attached hydrogens (tertiary/aromatic N) is 2. The molecule has 0 rings (SSSR count). The normalized spacial score (nSPS) is 9.69.